The molecule has 0 spiro atoms. The van der Waals surface area contributed by atoms with Gasteiger partial charge in [0.1, 0.15) is 0 Å². The molecule has 0 aliphatic heterocycles. The summed E-state index contributed by atoms with van der Waals surface area (Å²) in [5.41, 5.74) is 2.75. The van der Waals surface area contributed by atoms with E-state index in [0.717, 1.165) is 28.7 Å². The molecular weight excluding hydrogens is 242 g/mol. The lowest BCUT2D eigenvalue weighted by Crippen LogP contribution is -2.05. The zero-order chi connectivity index (χ0) is 13.6. The highest BCUT2D eigenvalue weighted by Gasteiger charge is 2.32. The van der Waals surface area contributed by atoms with Crippen LogP contribution in [0.4, 0.5) is 11.4 Å². The first-order valence-corrected chi connectivity index (χ1v) is 6.37. The number of hydrogen-bond acceptors (Lipinski definition) is 4. The van der Waals surface area contributed by atoms with Gasteiger partial charge in [0.2, 0.25) is 0 Å². The molecule has 1 heterocycles. The van der Waals surface area contributed by atoms with Gasteiger partial charge in [0.15, 0.2) is 0 Å². The molecule has 3 rings (SSSR count). The maximum absolute atomic E-state index is 10.9. The molecule has 2 unspecified atom stereocenters. The fourth-order valence-electron chi connectivity index (χ4n) is 2.30. The lowest BCUT2D eigenvalue weighted by Gasteiger charge is -2.10. The monoisotopic (exact) mass is 257 g/mol. The average Bonchev–Trinajstić information content (AvgIpc) is 3.04. The third-order valence-corrected chi connectivity index (χ3v) is 3.58. The van der Waals surface area contributed by atoms with Crippen LogP contribution in [0.2, 0.25) is 0 Å². The van der Waals surface area contributed by atoms with Crippen LogP contribution in [-0.4, -0.2) is 15.9 Å². The maximum atomic E-state index is 10.9. The van der Waals surface area contributed by atoms with Gasteiger partial charge >= 0.3 is 0 Å². The molecule has 5 heteroatoms. The molecule has 19 heavy (non-hydrogen) atoms. The summed E-state index contributed by atoms with van der Waals surface area (Å²) in [5, 5.41) is 15.1. The smallest absolute Gasteiger partial charge is 0.270 e. The van der Waals surface area contributed by atoms with E-state index in [-0.39, 0.29) is 10.6 Å². The summed E-state index contributed by atoms with van der Waals surface area (Å²) in [7, 11) is 0. The molecular formula is C14H15N3O2. The van der Waals surface area contributed by atoms with E-state index in [2.05, 4.69) is 17.2 Å². The Morgan fingerprint density at radius 1 is 1.42 bits per heavy atom. The summed E-state index contributed by atoms with van der Waals surface area (Å²) in [6.07, 6.45) is 1.15. The third kappa shape index (κ3) is 2.23. The summed E-state index contributed by atoms with van der Waals surface area (Å²) >= 11 is 0. The van der Waals surface area contributed by atoms with Crippen molar-refractivity contribution in [2.75, 3.05) is 5.32 Å². The number of nitrogens with one attached hydrogen (secondary N) is 1. The van der Waals surface area contributed by atoms with E-state index >= 15 is 0 Å². The van der Waals surface area contributed by atoms with E-state index in [0.29, 0.717) is 12.0 Å². The second-order valence-electron chi connectivity index (χ2n) is 5.23. The van der Waals surface area contributed by atoms with Crippen molar-refractivity contribution in [3.05, 3.63) is 40.1 Å². The number of non-ortho nitro benzene ring substituents is 1. The van der Waals surface area contributed by atoms with E-state index in [9.17, 15) is 10.1 Å². The molecule has 2 aromatic rings. The van der Waals surface area contributed by atoms with Crippen molar-refractivity contribution in [3.63, 3.8) is 0 Å². The van der Waals surface area contributed by atoms with Crippen molar-refractivity contribution >= 4 is 22.3 Å². The molecule has 1 saturated carbocycles. The molecule has 1 aliphatic rings. The van der Waals surface area contributed by atoms with Gasteiger partial charge in [-0.2, -0.15) is 0 Å². The molecule has 1 N–H and O–H groups in total. The molecule has 0 radical (unpaired) electrons. The van der Waals surface area contributed by atoms with Crippen LogP contribution in [0.15, 0.2) is 24.3 Å². The Labute approximate surface area is 110 Å². The van der Waals surface area contributed by atoms with Crippen molar-refractivity contribution in [1.29, 1.82) is 0 Å². The Morgan fingerprint density at radius 2 is 2.16 bits per heavy atom. The molecule has 1 aliphatic carbocycles. The summed E-state index contributed by atoms with van der Waals surface area (Å²) < 4.78 is 0. The minimum absolute atomic E-state index is 0.102. The first-order valence-electron chi connectivity index (χ1n) is 6.37. The van der Waals surface area contributed by atoms with Crippen LogP contribution in [0.5, 0.6) is 0 Å². The van der Waals surface area contributed by atoms with Gasteiger partial charge in [-0.15, -0.1) is 0 Å². The topological polar surface area (TPSA) is 68.1 Å². The summed E-state index contributed by atoms with van der Waals surface area (Å²) in [6.45, 7) is 4.12. The summed E-state index contributed by atoms with van der Waals surface area (Å²) in [5.74, 6) is 0.669. The van der Waals surface area contributed by atoms with E-state index in [1.807, 2.05) is 13.0 Å². The number of aryl methyl sites for hydroxylation is 1. The number of nitrogens with zero attached hydrogens (tertiary/aromatic N) is 2. The van der Waals surface area contributed by atoms with Crippen LogP contribution in [0.3, 0.4) is 0 Å². The second kappa shape index (κ2) is 4.19. The molecule has 2 atom stereocenters. The van der Waals surface area contributed by atoms with Crippen LogP contribution < -0.4 is 5.32 Å². The highest BCUT2D eigenvalue weighted by Crippen LogP contribution is 2.35. The average molecular weight is 257 g/mol. The number of rotatable bonds is 3. The molecule has 0 amide bonds. The number of fused-ring (bicyclic) bond motifs is 1. The summed E-state index contributed by atoms with van der Waals surface area (Å²) in [6, 6.07) is 7.23. The van der Waals surface area contributed by atoms with Gasteiger partial charge in [0, 0.05) is 34.9 Å². The zero-order valence-corrected chi connectivity index (χ0v) is 10.9. The fourth-order valence-corrected chi connectivity index (χ4v) is 2.30. The van der Waals surface area contributed by atoms with Crippen LogP contribution >= 0.6 is 0 Å². The largest absolute Gasteiger partial charge is 0.381 e. The van der Waals surface area contributed by atoms with E-state index < -0.39 is 0 Å². The van der Waals surface area contributed by atoms with Crippen molar-refractivity contribution in [2.45, 2.75) is 26.3 Å². The minimum atomic E-state index is -0.372. The fraction of sp³-hybridized carbons (Fsp3) is 0.357. The zero-order valence-electron chi connectivity index (χ0n) is 10.9. The van der Waals surface area contributed by atoms with E-state index in [4.69, 9.17) is 0 Å². The molecule has 5 nitrogen and oxygen atoms in total. The van der Waals surface area contributed by atoms with Gasteiger partial charge < -0.3 is 5.32 Å². The third-order valence-electron chi connectivity index (χ3n) is 3.58. The molecule has 1 aromatic carbocycles. The van der Waals surface area contributed by atoms with Crippen LogP contribution in [0, 0.1) is 23.0 Å². The standard InChI is InChI=1S/C14H15N3O2/c1-8-5-13(8)16-14-6-9(2)15-12-4-3-10(17(18)19)7-11(12)14/h3-4,6-8,13H,5H2,1-2H3,(H,15,16). The molecule has 1 aromatic heterocycles. The molecule has 0 saturated heterocycles. The maximum Gasteiger partial charge on any atom is 0.270 e. The van der Waals surface area contributed by atoms with Gasteiger partial charge in [0.25, 0.3) is 5.69 Å². The predicted octanol–water partition coefficient (Wildman–Crippen LogP) is 3.27. The number of aromatic nitrogens is 1. The van der Waals surface area contributed by atoms with Crippen molar-refractivity contribution in [3.8, 4) is 0 Å². The Morgan fingerprint density at radius 3 is 2.79 bits per heavy atom. The lowest BCUT2D eigenvalue weighted by molar-refractivity contribution is -0.384. The normalized spacial score (nSPS) is 21.4. The SMILES string of the molecule is Cc1cc(NC2CC2C)c2cc([N+](=O)[O-])ccc2n1. The summed E-state index contributed by atoms with van der Waals surface area (Å²) in [4.78, 5) is 14.9. The number of nitro groups is 1. The van der Waals surface area contributed by atoms with Crippen molar-refractivity contribution in [2.24, 2.45) is 5.92 Å². The Kier molecular flexibility index (Phi) is 2.62. The number of hydrogen-bond donors (Lipinski definition) is 1. The second-order valence-corrected chi connectivity index (χ2v) is 5.23. The van der Waals surface area contributed by atoms with Crippen molar-refractivity contribution < 1.29 is 4.92 Å². The lowest BCUT2D eigenvalue weighted by atomic mass is 10.1. The minimum Gasteiger partial charge on any atom is -0.381 e. The van der Waals surface area contributed by atoms with Crippen LogP contribution in [-0.2, 0) is 0 Å². The Hall–Kier alpha value is -2.17. The van der Waals surface area contributed by atoms with Gasteiger partial charge in [0.05, 0.1) is 10.4 Å². The number of benzene rings is 1. The van der Waals surface area contributed by atoms with Gasteiger partial charge in [-0.05, 0) is 31.4 Å². The van der Waals surface area contributed by atoms with E-state index in [1.54, 1.807) is 12.1 Å². The van der Waals surface area contributed by atoms with Gasteiger partial charge in [-0.25, -0.2) is 0 Å². The Bertz CT molecular complexity index is 669. The number of nitro benzene ring substituents is 1. The van der Waals surface area contributed by atoms with Gasteiger partial charge in [-0.3, -0.25) is 15.1 Å². The number of pyridine rings is 1. The Balaban J connectivity index is 2.11. The number of anilines is 1. The highest BCUT2D eigenvalue weighted by molar-refractivity contribution is 5.93. The highest BCUT2D eigenvalue weighted by atomic mass is 16.6. The van der Waals surface area contributed by atoms with Gasteiger partial charge in [-0.1, -0.05) is 6.92 Å². The van der Waals surface area contributed by atoms with Crippen LogP contribution in [0.25, 0.3) is 10.9 Å². The van der Waals surface area contributed by atoms with E-state index in [1.165, 1.54) is 6.07 Å². The van der Waals surface area contributed by atoms with Crippen LogP contribution in [0.1, 0.15) is 19.0 Å². The first kappa shape index (κ1) is 11.9. The quantitative estimate of drug-likeness (QED) is 0.676. The first-order chi connectivity index (χ1) is 9.04. The molecule has 0 bridgehead atoms. The predicted molar refractivity (Wildman–Crippen MR) is 74.3 cm³/mol. The van der Waals surface area contributed by atoms with Crippen molar-refractivity contribution in [1.82, 2.24) is 4.98 Å². The molecule has 1 fully saturated rings. The molecule has 98 valence electrons.